The van der Waals surface area contributed by atoms with Gasteiger partial charge >= 0.3 is 5.97 Å². The molecule has 0 spiro atoms. The number of carboxylic acids is 1. The van der Waals surface area contributed by atoms with Gasteiger partial charge in [0.2, 0.25) is 11.8 Å². The first-order valence-electron chi connectivity index (χ1n) is 14.4. The molecule has 0 aliphatic carbocycles. The van der Waals surface area contributed by atoms with Gasteiger partial charge < -0.3 is 53.6 Å². The quantitative estimate of drug-likeness (QED) is 0.0677. The fourth-order valence-electron chi connectivity index (χ4n) is 2.90. The number of carbonyl (C=O) groups excluding carboxylic acids is 2. The van der Waals surface area contributed by atoms with Crippen molar-refractivity contribution in [3.05, 3.63) is 0 Å². The highest BCUT2D eigenvalue weighted by atomic mass is 16.6. The third-order valence-electron chi connectivity index (χ3n) is 5.03. The Balaban J connectivity index is 3.20. The standard InChI is InChI=1S/C28H50N2O12/c1-2-3-4-5-26(31)29-8-12-37-16-20-41-24-22-39-18-14-35-10-6-27(32)30-9-13-38-17-21-42-25-23-40-19-15-36-11-7-28(33)34/h1H,3-25H2,(H,29,31)(H,30,32)(H,33,34). The average molecular weight is 607 g/mol. The Morgan fingerprint density at radius 3 is 1.21 bits per heavy atom. The van der Waals surface area contributed by atoms with Crippen molar-refractivity contribution in [1.29, 1.82) is 0 Å². The van der Waals surface area contributed by atoms with Gasteiger partial charge in [0, 0.05) is 32.4 Å². The molecule has 0 bridgehead atoms. The lowest BCUT2D eigenvalue weighted by Crippen LogP contribution is -2.28. The summed E-state index contributed by atoms with van der Waals surface area (Å²) in [6, 6.07) is 0. The van der Waals surface area contributed by atoms with Crippen molar-refractivity contribution < 1.29 is 57.4 Å². The molecule has 244 valence electrons. The molecule has 0 rings (SSSR count). The smallest absolute Gasteiger partial charge is 0.305 e. The number of hydrogen-bond donors (Lipinski definition) is 3. The molecule has 14 nitrogen and oxygen atoms in total. The number of carbonyl (C=O) groups is 3. The first kappa shape index (κ1) is 39.6. The van der Waals surface area contributed by atoms with E-state index >= 15 is 0 Å². The number of amides is 2. The molecular weight excluding hydrogens is 556 g/mol. The van der Waals surface area contributed by atoms with E-state index in [1.54, 1.807) is 0 Å². The molecule has 42 heavy (non-hydrogen) atoms. The Bertz CT molecular complexity index is 690. The summed E-state index contributed by atoms with van der Waals surface area (Å²) in [7, 11) is 0. The number of nitrogens with one attached hydrogen (secondary N) is 2. The molecule has 0 aliphatic heterocycles. The molecule has 0 atom stereocenters. The third kappa shape index (κ3) is 33.9. The van der Waals surface area contributed by atoms with Crippen LogP contribution in [0.3, 0.4) is 0 Å². The van der Waals surface area contributed by atoms with E-state index < -0.39 is 5.97 Å². The Morgan fingerprint density at radius 1 is 0.500 bits per heavy atom. The van der Waals surface area contributed by atoms with Crippen LogP contribution in [0.5, 0.6) is 0 Å². The van der Waals surface area contributed by atoms with Crippen molar-refractivity contribution in [2.24, 2.45) is 0 Å². The lowest BCUT2D eigenvalue weighted by atomic mass is 10.2. The molecule has 3 N–H and O–H groups in total. The molecule has 0 aromatic heterocycles. The van der Waals surface area contributed by atoms with Crippen LogP contribution in [0.25, 0.3) is 0 Å². The molecular formula is C28H50N2O12. The lowest BCUT2D eigenvalue weighted by molar-refractivity contribution is -0.138. The number of aliphatic carboxylic acids is 1. The van der Waals surface area contributed by atoms with Crippen LogP contribution in [0.4, 0.5) is 0 Å². The maximum absolute atomic E-state index is 11.8. The summed E-state index contributed by atoms with van der Waals surface area (Å²) in [6.07, 6.45) is 7.11. The molecule has 0 heterocycles. The highest BCUT2D eigenvalue weighted by Gasteiger charge is 2.02. The molecule has 0 saturated carbocycles. The van der Waals surface area contributed by atoms with Crippen LogP contribution in [0.2, 0.25) is 0 Å². The molecule has 0 aromatic carbocycles. The predicted octanol–water partition coefficient (Wildman–Crippen LogP) is 0.0199. The van der Waals surface area contributed by atoms with Gasteiger partial charge in [0.1, 0.15) is 0 Å². The zero-order chi connectivity index (χ0) is 30.8. The monoisotopic (exact) mass is 606 g/mol. The van der Waals surface area contributed by atoms with E-state index in [2.05, 4.69) is 16.6 Å². The van der Waals surface area contributed by atoms with E-state index in [0.29, 0.717) is 131 Å². The number of rotatable bonds is 33. The molecule has 2 amide bonds. The Morgan fingerprint density at radius 2 is 0.833 bits per heavy atom. The number of carboxylic acid groups (broad SMARTS) is 1. The maximum Gasteiger partial charge on any atom is 0.305 e. The minimum absolute atomic E-state index is 0.0175. The van der Waals surface area contributed by atoms with Gasteiger partial charge in [-0.2, -0.15) is 0 Å². The van der Waals surface area contributed by atoms with Crippen molar-refractivity contribution in [1.82, 2.24) is 10.6 Å². The summed E-state index contributed by atoms with van der Waals surface area (Å²) in [5.74, 6) is 1.48. The van der Waals surface area contributed by atoms with Crippen molar-refractivity contribution in [3.63, 3.8) is 0 Å². The van der Waals surface area contributed by atoms with Crippen LogP contribution in [-0.4, -0.2) is 142 Å². The summed E-state index contributed by atoms with van der Waals surface area (Å²) in [5.41, 5.74) is 0. The Labute approximate surface area is 249 Å². The predicted molar refractivity (Wildman–Crippen MR) is 152 cm³/mol. The van der Waals surface area contributed by atoms with E-state index in [0.717, 1.165) is 0 Å². The van der Waals surface area contributed by atoms with E-state index in [4.69, 9.17) is 49.4 Å². The molecule has 0 fully saturated rings. The highest BCUT2D eigenvalue weighted by molar-refractivity contribution is 5.76. The average Bonchev–Trinajstić information content (AvgIpc) is 2.97. The molecule has 0 unspecified atom stereocenters. The van der Waals surface area contributed by atoms with Gasteiger partial charge in [0.05, 0.1) is 112 Å². The van der Waals surface area contributed by atoms with Crippen LogP contribution in [0, 0.1) is 12.3 Å². The van der Waals surface area contributed by atoms with Gasteiger partial charge in [-0.1, -0.05) is 0 Å². The van der Waals surface area contributed by atoms with E-state index in [-0.39, 0.29) is 31.3 Å². The first-order chi connectivity index (χ1) is 20.6. The summed E-state index contributed by atoms with van der Waals surface area (Å²) in [6.45, 7) is 7.09. The summed E-state index contributed by atoms with van der Waals surface area (Å²) >= 11 is 0. The van der Waals surface area contributed by atoms with Crippen molar-refractivity contribution in [2.75, 3.05) is 119 Å². The summed E-state index contributed by atoms with van der Waals surface area (Å²) < 4.78 is 42.7. The highest BCUT2D eigenvalue weighted by Crippen LogP contribution is 1.93. The van der Waals surface area contributed by atoms with Crippen LogP contribution >= 0.6 is 0 Å². The molecule has 14 heteroatoms. The van der Waals surface area contributed by atoms with Gasteiger partial charge in [-0.3, -0.25) is 14.4 Å². The van der Waals surface area contributed by atoms with Crippen LogP contribution < -0.4 is 10.6 Å². The number of hydrogen-bond acceptors (Lipinski definition) is 11. The largest absolute Gasteiger partial charge is 0.481 e. The van der Waals surface area contributed by atoms with Gasteiger partial charge in [0.25, 0.3) is 0 Å². The van der Waals surface area contributed by atoms with E-state index in [1.165, 1.54) is 0 Å². The van der Waals surface area contributed by atoms with Crippen LogP contribution in [-0.2, 0) is 52.3 Å². The van der Waals surface area contributed by atoms with Gasteiger partial charge in [-0.15, -0.1) is 12.3 Å². The fourth-order valence-corrected chi connectivity index (χ4v) is 2.90. The zero-order valence-electron chi connectivity index (χ0n) is 24.8. The molecule has 0 aromatic rings. The van der Waals surface area contributed by atoms with Gasteiger partial charge in [-0.25, -0.2) is 0 Å². The topological polar surface area (TPSA) is 169 Å². The summed E-state index contributed by atoms with van der Waals surface area (Å²) in [5, 5.41) is 14.0. The Kier molecular flexibility index (Phi) is 31.3. The minimum atomic E-state index is -0.888. The second kappa shape index (κ2) is 33.2. The first-order valence-corrected chi connectivity index (χ1v) is 14.4. The summed E-state index contributed by atoms with van der Waals surface area (Å²) in [4.78, 5) is 33.6. The van der Waals surface area contributed by atoms with Crippen LogP contribution in [0.1, 0.15) is 32.1 Å². The normalized spacial score (nSPS) is 10.8. The second-order valence-corrected chi connectivity index (χ2v) is 8.55. The van der Waals surface area contributed by atoms with Gasteiger partial charge in [-0.05, 0) is 6.42 Å². The minimum Gasteiger partial charge on any atom is -0.481 e. The number of terminal acetylenes is 1. The lowest BCUT2D eigenvalue weighted by Gasteiger charge is -2.09. The van der Waals surface area contributed by atoms with Crippen molar-refractivity contribution in [3.8, 4) is 12.3 Å². The Hall–Kier alpha value is -2.35. The second-order valence-electron chi connectivity index (χ2n) is 8.55. The van der Waals surface area contributed by atoms with Crippen molar-refractivity contribution >= 4 is 17.8 Å². The van der Waals surface area contributed by atoms with Crippen LogP contribution in [0.15, 0.2) is 0 Å². The van der Waals surface area contributed by atoms with Gasteiger partial charge in [0.15, 0.2) is 0 Å². The van der Waals surface area contributed by atoms with E-state index in [9.17, 15) is 14.4 Å². The molecule has 0 aliphatic rings. The zero-order valence-corrected chi connectivity index (χ0v) is 24.8. The third-order valence-corrected chi connectivity index (χ3v) is 5.03. The van der Waals surface area contributed by atoms with Crippen molar-refractivity contribution in [2.45, 2.75) is 32.1 Å². The van der Waals surface area contributed by atoms with E-state index in [1.807, 2.05) is 0 Å². The maximum atomic E-state index is 11.8. The SMILES string of the molecule is C#CCCCC(=O)NCCOCCOCCOCCOCCC(=O)NCCOCCOCCOCCOCCC(=O)O. The fraction of sp³-hybridized carbons (Fsp3) is 0.821. The molecule has 0 saturated heterocycles. The molecule has 0 radical (unpaired) electrons. The number of unbranched alkanes of at least 4 members (excludes halogenated alkanes) is 1. The number of ether oxygens (including phenoxy) is 8.